The Morgan fingerprint density at radius 2 is 1.09 bits per heavy atom. The summed E-state index contributed by atoms with van der Waals surface area (Å²) in [6.07, 6.45) is -1.34. The first-order valence-corrected chi connectivity index (χ1v) is 11.1. The Bertz CT molecular complexity index is 737. The van der Waals surface area contributed by atoms with Gasteiger partial charge in [-0.2, -0.15) is 0 Å². The first-order chi connectivity index (χ1) is 14.7. The summed E-state index contributed by atoms with van der Waals surface area (Å²) < 4.78 is 10.7. The van der Waals surface area contributed by atoms with Gasteiger partial charge in [0.15, 0.2) is 0 Å². The van der Waals surface area contributed by atoms with Gasteiger partial charge in [-0.15, -0.1) is 0 Å². The maximum absolute atomic E-state index is 12.1. The van der Waals surface area contributed by atoms with E-state index in [1.807, 2.05) is 0 Å². The number of amides is 2. The molecule has 2 rings (SSSR count). The molecule has 0 aromatic rings. The van der Waals surface area contributed by atoms with Crippen LogP contribution in [0.5, 0.6) is 0 Å². The molecule has 4 atom stereocenters. The molecule has 8 nitrogen and oxygen atoms in total. The van der Waals surface area contributed by atoms with E-state index < -0.39 is 35.6 Å². The van der Waals surface area contributed by atoms with Crippen LogP contribution in [-0.2, 0) is 9.47 Å². The van der Waals surface area contributed by atoms with Crippen LogP contribution in [0.2, 0.25) is 0 Å². The van der Waals surface area contributed by atoms with Crippen molar-refractivity contribution in [3.05, 3.63) is 0 Å². The van der Waals surface area contributed by atoms with Gasteiger partial charge in [0.05, 0.1) is 37.1 Å². The maximum atomic E-state index is 12.1. The van der Waals surface area contributed by atoms with Crippen molar-refractivity contribution in [3.63, 3.8) is 0 Å². The lowest BCUT2D eigenvalue weighted by Crippen LogP contribution is -2.48. The molecule has 2 N–H and O–H groups in total. The molecule has 0 aliphatic carbocycles. The number of β-amino-alcohol motifs (C(OH)–C–C–N with tert-alkyl or cyclic N) is 2. The zero-order chi connectivity index (χ0) is 24.1. The molecule has 0 aromatic carbocycles. The lowest BCUT2D eigenvalue weighted by Gasteiger charge is -2.34. The average molecular weight is 449 g/mol. The second-order valence-corrected chi connectivity index (χ2v) is 10.3. The highest BCUT2D eigenvalue weighted by atomic mass is 16.6. The molecule has 2 aliphatic rings. The van der Waals surface area contributed by atoms with E-state index in [0.29, 0.717) is 25.9 Å². The molecular weight excluding hydrogens is 412 g/mol. The number of ether oxygens (including phenoxy) is 2. The third-order valence-corrected chi connectivity index (χ3v) is 5.04. The number of rotatable bonds is 0. The molecule has 0 bridgehead atoms. The molecule has 32 heavy (non-hydrogen) atoms. The smallest absolute Gasteiger partial charge is 0.410 e. The van der Waals surface area contributed by atoms with E-state index in [0.717, 1.165) is 0 Å². The van der Waals surface area contributed by atoms with Crippen LogP contribution in [0.1, 0.15) is 54.4 Å². The second kappa shape index (κ2) is 10.5. The fourth-order valence-electron chi connectivity index (χ4n) is 3.44. The fraction of sp³-hybridized carbons (Fsp3) is 0.750. The molecule has 0 unspecified atom stereocenters. The van der Waals surface area contributed by atoms with Crippen molar-refractivity contribution in [3.8, 4) is 23.7 Å². The molecule has 2 saturated heterocycles. The van der Waals surface area contributed by atoms with E-state index >= 15 is 0 Å². The SMILES string of the molecule is CC(C)(C)OC(=O)N1CC[C@@H](C#CC#C[C@@H]2CCN(C(=O)OC(C)(C)C)C[C@H]2O)[C@H](O)C1. The van der Waals surface area contributed by atoms with Crippen molar-refractivity contribution in [2.75, 3.05) is 26.2 Å². The average Bonchev–Trinajstić information content (AvgIpc) is 2.64. The number of carbonyl (C=O) groups excluding carboxylic acids is 2. The van der Waals surface area contributed by atoms with Gasteiger partial charge in [0.1, 0.15) is 11.2 Å². The van der Waals surface area contributed by atoms with Crippen molar-refractivity contribution < 1.29 is 29.3 Å². The van der Waals surface area contributed by atoms with Gasteiger partial charge in [0.2, 0.25) is 0 Å². The van der Waals surface area contributed by atoms with Crippen molar-refractivity contribution in [1.29, 1.82) is 0 Å². The zero-order valence-electron chi connectivity index (χ0n) is 20.0. The first-order valence-electron chi connectivity index (χ1n) is 11.1. The Labute approximate surface area is 191 Å². The lowest BCUT2D eigenvalue weighted by atomic mass is 9.94. The standard InChI is InChI=1S/C24H36N2O6/c1-23(2,3)31-21(29)25-13-11-17(19(27)15-25)9-7-8-10-18-12-14-26(16-20(18)28)22(30)32-24(4,5)6/h17-20,27-28H,11-16H2,1-6H3/t17-,18-,19-,20-/m1/s1. The van der Waals surface area contributed by atoms with Gasteiger partial charge in [-0.05, 0) is 66.2 Å². The maximum Gasteiger partial charge on any atom is 0.410 e. The number of likely N-dealkylation sites (tertiary alicyclic amines) is 2. The van der Waals surface area contributed by atoms with E-state index in [1.165, 1.54) is 9.80 Å². The van der Waals surface area contributed by atoms with Gasteiger partial charge >= 0.3 is 12.2 Å². The third kappa shape index (κ3) is 8.26. The summed E-state index contributed by atoms with van der Waals surface area (Å²) in [7, 11) is 0. The predicted molar refractivity (Wildman–Crippen MR) is 119 cm³/mol. The van der Waals surface area contributed by atoms with Crippen molar-refractivity contribution in [1.82, 2.24) is 9.80 Å². The second-order valence-electron chi connectivity index (χ2n) is 10.3. The molecule has 2 fully saturated rings. The Morgan fingerprint density at radius 3 is 1.38 bits per heavy atom. The highest BCUT2D eigenvalue weighted by Gasteiger charge is 2.33. The molecular formula is C24H36N2O6. The molecule has 2 heterocycles. The van der Waals surface area contributed by atoms with Crippen LogP contribution >= 0.6 is 0 Å². The van der Waals surface area contributed by atoms with Gasteiger partial charge in [-0.3, -0.25) is 0 Å². The van der Waals surface area contributed by atoms with Crippen molar-refractivity contribution in [2.45, 2.75) is 77.8 Å². The van der Waals surface area contributed by atoms with Crippen LogP contribution in [0.3, 0.4) is 0 Å². The topological polar surface area (TPSA) is 99.5 Å². The number of piperidine rings is 2. The number of carbonyl (C=O) groups is 2. The Morgan fingerprint density at radius 1 is 0.750 bits per heavy atom. The van der Waals surface area contributed by atoms with Gasteiger partial charge < -0.3 is 29.5 Å². The van der Waals surface area contributed by atoms with Crippen molar-refractivity contribution in [2.24, 2.45) is 11.8 Å². The van der Waals surface area contributed by atoms with E-state index in [1.54, 1.807) is 41.5 Å². The first kappa shape index (κ1) is 25.8. The van der Waals surface area contributed by atoms with Gasteiger partial charge in [-0.1, -0.05) is 11.8 Å². The highest BCUT2D eigenvalue weighted by Crippen LogP contribution is 2.21. The predicted octanol–water partition coefficient (Wildman–Crippen LogP) is 2.23. The van der Waals surface area contributed by atoms with Crippen LogP contribution < -0.4 is 0 Å². The summed E-state index contributed by atoms with van der Waals surface area (Å²) in [5.74, 6) is 10.9. The Balaban J connectivity index is 1.84. The van der Waals surface area contributed by atoms with Gasteiger partial charge in [0, 0.05) is 13.1 Å². The van der Waals surface area contributed by atoms with Gasteiger partial charge in [-0.25, -0.2) is 9.59 Å². The molecule has 0 aromatic heterocycles. The zero-order valence-corrected chi connectivity index (χ0v) is 20.0. The summed E-state index contributed by atoms with van der Waals surface area (Å²) in [6, 6.07) is 0. The summed E-state index contributed by atoms with van der Waals surface area (Å²) in [5.41, 5.74) is -1.16. The van der Waals surface area contributed by atoms with Crippen molar-refractivity contribution >= 4 is 12.2 Å². The quantitative estimate of drug-likeness (QED) is 0.552. The molecule has 0 saturated carbocycles. The molecule has 2 aliphatic heterocycles. The monoisotopic (exact) mass is 448 g/mol. The van der Waals surface area contributed by atoms with E-state index in [2.05, 4.69) is 23.7 Å². The minimum absolute atomic E-state index is 0.170. The van der Waals surface area contributed by atoms with Crippen LogP contribution in [0, 0.1) is 35.5 Å². The van der Waals surface area contributed by atoms with E-state index in [-0.39, 0.29) is 24.9 Å². The molecule has 2 amide bonds. The number of aliphatic hydroxyl groups is 2. The highest BCUT2D eigenvalue weighted by molar-refractivity contribution is 5.68. The van der Waals surface area contributed by atoms with E-state index in [4.69, 9.17) is 9.47 Å². The van der Waals surface area contributed by atoms with Gasteiger partial charge in [0.25, 0.3) is 0 Å². The normalized spacial score (nSPS) is 26.2. The molecule has 0 radical (unpaired) electrons. The number of hydrogen-bond donors (Lipinski definition) is 2. The number of aliphatic hydroxyl groups excluding tert-OH is 2. The van der Waals surface area contributed by atoms with Crippen LogP contribution in [0.25, 0.3) is 0 Å². The third-order valence-electron chi connectivity index (χ3n) is 5.04. The van der Waals surface area contributed by atoms with Crippen LogP contribution in [0.4, 0.5) is 9.59 Å². The summed E-state index contributed by atoms with van der Waals surface area (Å²) in [4.78, 5) is 27.3. The van der Waals surface area contributed by atoms with E-state index in [9.17, 15) is 19.8 Å². The molecule has 0 spiro atoms. The van der Waals surface area contributed by atoms with Crippen LogP contribution in [0.15, 0.2) is 0 Å². The minimum atomic E-state index is -0.770. The summed E-state index contributed by atoms with van der Waals surface area (Å²) in [5, 5.41) is 20.7. The largest absolute Gasteiger partial charge is 0.444 e. The Hall–Kier alpha value is -2.42. The summed E-state index contributed by atoms with van der Waals surface area (Å²) >= 11 is 0. The molecule has 178 valence electrons. The minimum Gasteiger partial charge on any atom is -0.444 e. The number of hydrogen-bond acceptors (Lipinski definition) is 6. The summed E-state index contributed by atoms with van der Waals surface area (Å²) in [6.45, 7) is 12.1. The number of nitrogens with zero attached hydrogens (tertiary/aromatic N) is 2. The van der Waals surface area contributed by atoms with Crippen LogP contribution in [-0.4, -0.2) is 81.8 Å². The lowest BCUT2D eigenvalue weighted by molar-refractivity contribution is -0.00465. The molecule has 8 heteroatoms. The fourth-order valence-corrected chi connectivity index (χ4v) is 3.44. The Kier molecular flexibility index (Phi) is 8.45.